The quantitative estimate of drug-likeness (QED) is 0.801. The molecule has 0 aromatic carbocycles. The zero-order valence-corrected chi connectivity index (χ0v) is 12.6. The lowest BCUT2D eigenvalue weighted by atomic mass is 9.79. The van der Waals surface area contributed by atoms with Crippen molar-refractivity contribution in [1.29, 1.82) is 0 Å². The summed E-state index contributed by atoms with van der Waals surface area (Å²) in [6.07, 6.45) is 8.45. The van der Waals surface area contributed by atoms with E-state index in [1.165, 1.54) is 38.5 Å². The first-order valence-electron chi connectivity index (χ1n) is 7.90. The van der Waals surface area contributed by atoms with Crippen LogP contribution in [-0.4, -0.2) is 23.2 Å². The molecule has 0 amide bonds. The molecule has 104 valence electrons. The van der Waals surface area contributed by atoms with Crippen LogP contribution in [0, 0.1) is 11.8 Å². The van der Waals surface area contributed by atoms with E-state index >= 15 is 0 Å². The average Bonchev–Trinajstić information content (AvgIpc) is 3.04. The highest BCUT2D eigenvalue weighted by molar-refractivity contribution is 5.03. The van der Waals surface area contributed by atoms with Gasteiger partial charge in [-0.25, -0.2) is 0 Å². The van der Waals surface area contributed by atoms with Crippen molar-refractivity contribution < 1.29 is 0 Å². The van der Waals surface area contributed by atoms with Gasteiger partial charge in [0.25, 0.3) is 0 Å². The Hall–Kier alpha value is -0.0800. The van der Waals surface area contributed by atoms with Gasteiger partial charge in [-0.1, -0.05) is 0 Å². The van der Waals surface area contributed by atoms with Gasteiger partial charge < -0.3 is 10.6 Å². The van der Waals surface area contributed by atoms with Crippen LogP contribution in [0.2, 0.25) is 0 Å². The number of piperidine rings is 1. The summed E-state index contributed by atoms with van der Waals surface area (Å²) in [7, 11) is 0. The summed E-state index contributed by atoms with van der Waals surface area (Å²) in [6, 6.07) is 1.56. The molecule has 0 atom stereocenters. The van der Waals surface area contributed by atoms with E-state index in [4.69, 9.17) is 0 Å². The van der Waals surface area contributed by atoms with E-state index in [1.54, 1.807) is 0 Å². The third-order valence-corrected chi connectivity index (χ3v) is 4.88. The van der Waals surface area contributed by atoms with E-state index in [-0.39, 0.29) is 11.1 Å². The molecule has 0 spiro atoms. The molecule has 18 heavy (non-hydrogen) atoms. The fourth-order valence-corrected chi connectivity index (χ4v) is 4.28. The molecule has 1 saturated heterocycles. The lowest BCUT2D eigenvalue weighted by Gasteiger charge is -2.47. The maximum absolute atomic E-state index is 4.05. The van der Waals surface area contributed by atoms with Crippen molar-refractivity contribution in [3.05, 3.63) is 0 Å². The van der Waals surface area contributed by atoms with Crippen molar-refractivity contribution >= 4 is 0 Å². The van der Waals surface area contributed by atoms with Crippen LogP contribution in [0.1, 0.15) is 66.2 Å². The van der Waals surface area contributed by atoms with E-state index in [2.05, 4.69) is 38.3 Å². The summed E-state index contributed by atoms with van der Waals surface area (Å²) in [4.78, 5) is 0. The van der Waals surface area contributed by atoms with Gasteiger partial charge in [-0.3, -0.25) is 0 Å². The van der Waals surface area contributed by atoms with E-state index in [1.807, 2.05) is 0 Å². The van der Waals surface area contributed by atoms with Crippen molar-refractivity contribution in [2.24, 2.45) is 11.8 Å². The molecule has 3 aliphatic rings. The van der Waals surface area contributed by atoms with Gasteiger partial charge in [0.15, 0.2) is 0 Å². The van der Waals surface area contributed by atoms with Crippen LogP contribution in [0.15, 0.2) is 0 Å². The van der Waals surface area contributed by atoms with Crippen LogP contribution in [-0.2, 0) is 0 Å². The number of hydrogen-bond acceptors (Lipinski definition) is 2. The SMILES string of the molecule is CC1(C)CC(NC(C2CC2)C2CC2)CC(C)(C)N1. The number of rotatable bonds is 4. The highest BCUT2D eigenvalue weighted by atomic mass is 15.1. The lowest BCUT2D eigenvalue weighted by Crippen LogP contribution is -2.62. The monoisotopic (exact) mass is 250 g/mol. The molecule has 2 saturated carbocycles. The first-order valence-corrected chi connectivity index (χ1v) is 7.90. The van der Waals surface area contributed by atoms with Gasteiger partial charge in [0.1, 0.15) is 0 Å². The predicted octanol–water partition coefficient (Wildman–Crippen LogP) is 3.07. The molecule has 0 radical (unpaired) electrons. The Bertz CT molecular complexity index is 285. The van der Waals surface area contributed by atoms with Gasteiger partial charge >= 0.3 is 0 Å². The summed E-state index contributed by atoms with van der Waals surface area (Å²) in [5, 5.41) is 7.84. The third-order valence-electron chi connectivity index (χ3n) is 4.88. The Labute approximate surface area is 112 Å². The molecule has 0 aromatic heterocycles. The Morgan fingerprint density at radius 2 is 1.33 bits per heavy atom. The van der Waals surface area contributed by atoms with Crippen molar-refractivity contribution in [3.8, 4) is 0 Å². The van der Waals surface area contributed by atoms with E-state index in [9.17, 15) is 0 Å². The fraction of sp³-hybridized carbons (Fsp3) is 1.00. The minimum absolute atomic E-state index is 0.275. The number of hydrogen-bond donors (Lipinski definition) is 2. The van der Waals surface area contributed by atoms with Gasteiger partial charge in [0.2, 0.25) is 0 Å². The predicted molar refractivity (Wildman–Crippen MR) is 76.7 cm³/mol. The third kappa shape index (κ3) is 3.08. The molecule has 0 bridgehead atoms. The fourth-order valence-electron chi connectivity index (χ4n) is 4.28. The molecule has 2 aliphatic carbocycles. The zero-order chi connectivity index (χ0) is 13.0. The molecule has 1 heterocycles. The Morgan fingerprint density at radius 3 is 1.72 bits per heavy atom. The first-order chi connectivity index (χ1) is 8.35. The summed E-state index contributed by atoms with van der Waals surface area (Å²) in [6.45, 7) is 9.41. The topological polar surface area (TPSA) is 24.1 Å². The van der Waals surface area contributed by atoms with E-state index in [0.717, 1.165) is 17.9 Å². The molecule has 3 rings (SSSR count). The summed E-state index contributed by atoms with van der Waals surface area (Å²) >= 11 is 0. The average molecular weight is 250 g/mol. The standard InChI is InChI=1S/C16H30N2/c1-15(2)9-13(10-16(3,4)18-15)17-14(11-5-6-11)12-7-8-12/h11-14,17-18H,5-10H2,1-4H3. The van der Waals surface area contributed by atoms with Crippen LogP contribution >= 0.6 is 0 Å². The first kappa shape index (κ1) is 12.9. The molecule has 0 unspecified atom stereocenters. The van der Waals surface area contributed by atoms with Crippen LogP contribution in [0.4, 0.5) is 0 Å². The van der Waals surface area contributed by atoms with Gasteiger partial charge in [0, 0.05) is 23.2 Å². The molecular weight excluding hydrogens is 220 g/mol. The lowest BCUT2D eigenvalue weighted by molar-refractivity contribution is 0.134. The second-order valence-electron chi connectivity index (χ2n) is 8.37. The van der Waals surface area contributed by atoms with E-state index in [0.29, 0.717) is 6.04 Å². The Balaban J connectivity index is 1.63. The van der Waals surface area contributed by atoms with Crippen LogP contribution in [0.3, 0.4) is 0 Å². The normalized spacial score (nSPS) is 31.8. The Kier molecular flexibility index (Phi) is 3.02. The summed E-state index contributed by atoms with van der Waals surface area (Å²) in [5.41, 5.74) is 0.550. The van der Waals surface area contributed by atoms with Crippen molar-refractivity contribution in [3.63, 3.8) is 0 Å². The minimum Gasteiger partial charge on any atom is -0.311 e. The second-order valence-corrected chi connectivity index (χ2v) is 8.37. The number of nitrogens with one attached hydrogen (secondary N) is 2. The highest BCUT2D eigenvalue weighted by Gasteiger charge is 2.44. The maximum Gasteiger partial charge on any atom is 0.0144 e. The second kappa shape index (κ2) is 4.21. The molecular formula is C16H30N2. The summed E-state index contributed by atoms with van der Waals surface area (Å²) < 4.78 is 0. The van der Waals surface area contributed by atoms with Crippen molar-refractivity contribution in [2.75, 3.05) is 0 Å². The summed E-state index contributed by atoms with van der Waals surface area (Å²) in [5.74, 6) is 2.03. The van der Waals surface area contributed by atoms with Crippen LogP contribution in [0.25, 0.3) is 0 Å². The molecule has 2 N–H and O–H groups in total. The smallest absolute Gasteiger partial charge is 0.0144 e. The van der Waals surface area contributed by atoms with Gasteiger partial charge in [0.05, 0.1) is 0 Å². The van der Waals surface area contributed by atoms with Gasteiger partial charge in [-0.15, -0.1) is 0 Å². The zero-order valence-electron chi connectivity index (χ0n) is 12.6. The molecule has 2 heteroatoms. The minimum atomic E-state index is 0.275. The van der Waals surface area contributed by atoms with Gasteiger partial charge in [-0.05, 0) is 78.1 Å². The van der Waals surface area contributed by atoms with E-state index < -0.39 is 0 Å². The van der Waals surface area contributed by atoms with Crippen molar-refractivity contribution in [1.82, 2.24) is 10.6 Å². The largest absolute Gasteiger partial charge is 0.311 e. The molecule has 2 nitrogen and oxygen atoms in total. The van der Waals surface area contributed by atoms with Gasteiger partial charge in [-0.2, -0.15) is 0 Å². The maximum atomic E-state index is 4.05. The van der Waals surface area contributed by atoms with Crippen LogP contribution in [0.5, 0.6) is 0 Å². The molecule has 3 fully saturated rings. The Morgan fingerprint density at radius 1 is 0.889 bits per heavy atom. The molecule has 1 aliphatic heterocycles. The highest BCUT2D eigenvalue weighted by Crippen LogP contribution is 2.45. The van der Waals surface area contributed by atoms with Crippen molar-refractivity contribution in [2.45, 2.75) is 89.4 Å². The molecule has 0 aromatic rings. The van der Waals surface area contributed by atoms with Crippen LogP contribution < -0.4 is 10.6 Å².